The van der Waals surface area contributed by atoms with Gasteiger partial charge in [-0.05, 0) is 29.3 Å². The lowest BCUT2D eigenvalue weighted by molar-refractivity contribution is -0.137. The molecule has 1 aromatic carbocycles. The van der Waals surface area contributed by atoms with Gasteiger partial charge in [0.2, 0.25) is 0 Å². The number of rotatable bonds is 14. The second-order valence-electron chi connectivity index (χ2n) is 7.25. The lowest BCUT2D eigenvalue weighted by Gasteiger charge is -2.08. The van der Waals surface area contributed by atoms with Crippen molar-refractivity contribution in [3.63, 3.8) is 0 Å². The van der Waals surface area contributed by atoms with Gasteiger partial charge in [0.15, 0.2) is 5.82 Å². The van der Waals surface area contributed by atoms with E-state index in [0.29, 0.717) is 12.1 Å². The number of carbonyl (C=O) groups is 1. The standard InChI is InChI=1S/C21H31FN4O2/c1-2-3-4-5-6-7-8-9-10-11-16-26-24-20(23-25-26)19(21(27)28)17-12-14-18(22)15-13-17/h12-15,19H,2-11,16H2,1H3,(H,27,28). The van der Waals surface area contributed by atoms with Crippen molar-refractivity contribution in [3.8, 4) is 0 Å². The molecule has 28 heavy (non-hydrogen) atoms. The van der Waals surface area contributed by atoms with Crippen molar-refractivity contribution < 1.29 is 14.3 Å². The number of hydrogen-bond acceptors (Lipinski definition) is 4. The topological polar surface area (TPSA) is 80.9 Å². The normalized spacial score (nSPS) is 12.2. The maximum absolute atomic E-state index is 13.1. The molecule has 0 aliphatic carbocycles. The highest BCUT2D eigenvalue weighted by Crippen LogP contribution is 2.22. The van der Waals surface area contributed by atoms with Crippen LogP contribution in [-0.2, 0) is 11.3 Å². The van der Waals surface area contributed by atoms with E-state index in [4.69, 9.17) is 0 Å². The Morgan fingerprint density at radius 1 is 1.00 bits per heavy atom. The molecule has 0 fully saturated rings. The number of aliphatic carboxylic acids is 1. The third-order valence-electron chi connectivity index (χ3n) is 4.89. The Morgan fingerprint density at radius 2 is 1.57 bits per heavy atom. The van der Waals surface area contributed by atoms with Gasteiger partial charge < -0.3 is 5.11 Å². The van der Waals surface area contributed by atoms with Gasteiger partial charge in [-0.15, -0.1) is 10.2 Å². The van der Waals surface area contributed by atoms with Gasteiger partial charge in [-0.25, -0.2) is 4.39 Å². The van der Waals surface area contributed by atoms with Gasteiger partial charge in [0.05, 0.1) is 6.54 Å². The number of carboxylic acid groups (broad SMARTS) is 1. The molecule has 1 aromatic heterocycles. The number of tetrazole rings is 1. The van der Waals surface area contributed by atoms with E-state index in [2.05, 4.69) is 22.3 Å². The number of benzene rings is 1. The second kappa shape index (κ2) is 12.2. The summed E-state index contributed by atoms with van der Waals surface area (Å²) in [5.41, 5.74) is 0.437. The number of aromatic nitrogens is 4. The molecular weight excluding hydrogens is 359 g/mol. The summed E-state index contributed by atoms with van der Waals surface area (Å²) >= 11 is 0. The molecule has 0 saturated heterocycles. The minimum atomic E-state index is -1.08. The smallest absolute Gasteiger partial charge is 0.318 e. The first kappa shape index (κ1) is 22.0. The minimum absolute atomic E-state index is 0.131. The van der Waals surface area contributed by atoms with Crippen molar-refractivity contribution in [2.75, 3.05) is 0 Å². The summed E-state index contributed by atoms with van der Waals surface area (Å²) in [6.45, 7) is 2.86. The first-order valence-electron chi connectivity index (χ1n) is 10.4. The lowest BCUT2D eigenvalue weighted by atomic mass is 9.99. The monoisotopic (exact) mass is 390 g/mol. The van der Waals surface area contributed by atoms with E-state index in [1.54, 1.807) is 0 Å². The highest BCUT2D eigenvalue weighted by Gasteiger charge is 2.27. The fraction of sp³-hybridized carbons (Fsp3) is 0.619. The number of unbranched alkanes of at least 4 members (excludes halogenated alkanes) is 9. The highest BCUT2D eigenvalue weighted by atomic mass is 19.1. The summed E-state index contributed by atoms with van der Waals surface area (Å²) in [6, 6.07) is 5.35. The molecule has 6 nitrogen and oxygen atoms in total. The fourth-order valence-electron chi connectivity index (χ4n) is 3.26. The Hall–Kier alpha value is -2.31. The predicted molar refractivity (Wildman–Crippen MR) is 106 cm³/mol. The SMILES string of the molecule is CCCCCCCCCCCCn1nnc(C(C(=O)O)c2ccc(F)cc2)n1. The van der Waals surface area contributed by atoms with Crippen LogP contribution in [0.4, 0.5) is 4.39 Å². The van der Waals surface area contributed by atoms with Gasteiger partial charge in [-0.1, -0.05) is 76.8 Å². The fourth-order valence-corrected chi connectivity index (χ4v) is 3.26. The molecule has 154 valence electrons. The molecule has 0 spiro atoms. The van der Waals surface area contributed by atoms with Crippen LogP contribution in [0.1, 0.15) is 88.4 Å². The average Bonchev–Trinajstić information content (AvgIpc) is 3.13. The molecule has 2 rings (SSSR count). The minimum Gasteiger partial charge on any atom is -0.480 e. The summed E-state index contributed by atoms with van der Waals surface area (Å²) in [6.07, 6.45) is 12.5. The zero-order valence-electron chi connectivity index (χ0n) is 16.7. The van der Waals surface area contributed by atoms with E-state index in [9.17, 15) is 14.3 Å². The van der Waals surface area contributed by atoms with Crippen LogP contribution in [0.25, 0.3) is 0 Å². The predicted octanol–water partition coefficient (Wildman–Crippen LogP) is 4.95. The highest BCUT2D eigenvalue weighted by molar-refractivity contribution is 5.79. The van der Waals surface area contributed by atoms with E-state index in [0.717, 1.165) is 12.8 Å². The van der Waals surface area contributed by atoms with Crippen molar-refractivity contribution in [3.05, 3.63) is 41.5 Å². The van der Waals surface area contributed by atoms with Gasteiger partial charge in [0.1, 0.15) is 11.7 Å². The lowest BCUT2D eigenvalue weighted by Crippen LogP contribution is -2.15. The van der Waals surface area contributed by atoms with Crippen molar-refractivity contribution >= 4 is 5.97 Å². The van der Waals surface area contributed by atoms with E-state index in [-0.39, 0.29) is 5.82 Å². The maximum Gasteiger partial charge on any atom is 0.318 e. The van der Waals surface area contributed by atoms with Crippen LogP contribution in [0.2, 0.25) is 0 Å². The van der Waals surface area contributed by atoms with E-state index in [1.165, 1.54) is 80.4 Å². The van der Waals surface area contributed by atoms with E-state index < -0.39 is 17.7 Å². The van der Waals surface area contributed by atoms with E-state index in [1.807, 2.05) is 0 Å². The number of aryl methyl sites for hydroxylation is 1. The Bertz CT molecular complexity index is 703. The van der Waals surface area contributed by atoms with E-state index >= 15 is 0 Å². The quantitative estimate of drug-likeness (QED) is 0.462. The number of hydrogen-bond donors (Lipinski definition) is 1. The third kappa shape index (κ3) is 7.37. The Morgan fingerprint density at radius 3 is 2.14 bits per heavy atom. The average molecular weight is 391 g/mol. The molecule has 1 heterocycles. The van der Waals surface area contributed by atoms with Gasteiger partial charge in [0.25, 0.3) is 0 Å². The van der Waals surface area contributed by atoms with Crippen molar-refractivity contribution in [2.24, 2.45) is 0 Å². The first-order chi connectivity index (χ1) is 13.6. The molecule has 2 aromatic rings. The largest absolute Gasteiger partial charge is 0.480 e. The molecule has 0 saturated carbocycles. The van der Waals surface area contributed by atoms with Crippen LogP contribution in [0.3, 0.4) is 0 Å². The molecule has 0 radical (unpaired) electrons. The van der Waals surface area contributed by atoms with Crippen LogP contribution < -0.4 is 0 Å². The Labute approximate surface area is 166 Å². The molecule has 1 N–H and O–H groups in total. The molecule has 0 amide bonds. The molecular formula is C21H31FN4O2. The van der Waals surface area contributed by atoms with Gasteiger partial charge in [0, 0.05) is 0 Å². The van der Waals surface area contributed by atoms with Crippen molar-refractivity contribution in [1.29, 1.82) is 0 Å². The summed E-state index contributed by atoms with van der Waals surface area (Å²) in [4.78, 5) is 13.1. The van der Waals surface area contributed by atoms with Crippen LogP contribution in [0.15, 0.2) is 24.3 Å². The Balaban J connectivity index is 1.72. The molecule has 0 bridgehead atoms. The van der Waals surface area contributed by atoms with Gasteiger partial charge >= 0.3 is 5.97 Å². The molecule has 0 aliphatic heterocycles. The number of halogens is 1. The number of carboxylic acids is 1. The van der Waals surface area contributed by atoms with Gasteiger partial charge in [-0.3, -0.25) is 4.79 Å². The summed E-state index contributed by atoms with van der Waals surface area (Å²) in [5, 5.41) is 21.6. The van der Waals surface area contributed by atoms with Crippen LogP contribution in [0, 0.1) is 5.82 Å². The van der Waals surface area contributed by atoms with Crippen LogP contribution in [-0.4, -0.2) is 31.3 Å². The zero-order valence-corrected chi connectivity index (χ0v) is 16.7. The van der Waals surface area contributed by atoms with Crippen LogP contribution >= 0.6 is 0 Å². The third-order valence-corrected chi connectivity index (χ3v) is 4.89. The Kier molecular flexibility index (Phi) is 9.59. The summed E-state index contributed by atoms with van der Waals surface area (Å²) in [7, 11) is 0. The molecule has 1 unspecified atom stereocenters. The molecule has 7 heteroatoms. The van der Waals surface area contributed by atoms with Gasteiger partial charge in [-0.2, -0.15) is 4.80 Å². The van der Waals surface area contributed by atoms with Crippen molar-refractivity contribution in [2.45, 2.75) is 83.6 Å². The molecule has 0 aliphatic rings. The summed E-state index contributed by atoms with van der Waals surface area (Å²) < 4.78 is 13.1. The second-order valence-corrected chi connectivity index (χ2v) is 7.25. The number of nitrogens with zero attached hydrogens (tertiary/aromatic N) is 4. The first-order valence-corrected chi connectivity index (χ1v) is 10.4. The van der Waals surface area contributed by atoms with Crippen molar-refractivity contribution in [1.82, 2.24) is 20.2 Å². The maximum atomic E-state index is 13.1. The van der Waals surface area contributed by atoms with Crippen LogP contribution in [0.5, 0.6) is 0 Å². The zero-order chi connectivity index (χ0) is 20.2. The molecule has 1 atom stereocenters. The summed E-state index contributed by atoms with van der Waals surface area (Å²) in [5.74, 6) is -2.40.